The van der Waals surface area contributed by atoms with Gasteiger partial charge in [0.2, 0.25) is 0 Å². The van der Waals surface area contributed by atoms with Crippen LogP contribution in [-0.4, -0.2) is 13.3 Å². The van der Waals surface area contributed by atoms with Gasteiger partial charge in [0.05, 0.1) is 0 Å². The molecule has 2 nitrogen and oxygen atoms in total. The second-order valence-electron chi connectivity index (χ2n) is 7.91. The first-order chi connectivity index (χ1) is 11.8. The number of allylic oxidation sites excluding steroid dienone is 2. The zero-order chi connectivity index (χ0) is 18.2. The molecule has 0 aliphatic carbocycles. The van der Waals surface area contributed by atoms with Crippen LogP contribution in [-0.2, 0) is 5.41 Å². The summed E-state index contributed by atoms with van der Waals surface area (Å²) in [7, 11) is 1.84. The van der Waals surface area contributed by atoms with E-state index in [2.05, 4.69) is 93.5 Å². The van der Waals surface area contributed by atoms with Crippen molar-refractivity contribution in [2.45, 2.75) is 40.0 Å². The fourth-order valence-corrected chi connectivity index (χ4v) is 3.72. The smallest absolute Gasteiger partial charge is 0.0450 e. The molecule has 0 fully saturated rings. The van der Waals surface area contributed by atoms with Crippen LogP contribution in [0.4, 0.5) is 5.69 Å². The molecule has 1 heterocycles. The zero-order valence-electron chi connectivity index (χ0n) is 16.1. The molecule has 2 aromatic carbocycles. The van der Waals surface area contributed by atoms with Gasteiger partial charge in [-0.05, 0) is 23.6 Å². The Bertz CT molecular complexity index is 840. The molecule has 1 aliphatic heterocycles. The van der Waals surface area contributed by atoms with Crippen LogP contribution in [0, 0.1) is 12.3 Å². The van der Waals surface area contributed by atoms with Gasteiger partial charge >= 0.3 is 0 Å². The number of hydrogen-bond donors (Lipinski definition) is 1. The molecule has 0 aromatic heterocycles. The summed E-state index contributed by atoms with van der Waals surface area (Å²) in [6.07, 6.45) is 1.98. The second kappa shape index (κ2) is 6.18. The molecule has 0 amide bonds. The molecule has 0 spiro atoms. The van der Waals surface area contributed by atoms with E-state index in [0.29, 0.717) is 0 Å². The molecule has 0 saturated carbocycles. The molecular formula is C23H28N2. The first-order valence-corrected chi connectivity index (χ1v) is 8.90. The van der Waals surface area contributed by atoms with E-state index in [4.69, 9.17) is 0 Å². The van der Waals surface area contributed by atoms with E-state index in [9.17, 15) is 0 Å². The van der Waals surface area contributed by atoms with Gasteiger partial charge in [0.15, 0.2) is 0 Å². The van der Waals surface area contributed by atoms with Gasteiger partial charge in [0.1, 0.15) is 0 Å². The van der Waals surface area contributed by atoms with Crippen LogP contribution in [0.25, 0.3) is 5.57 Å². The third-order valence-corrected chi connectivity index (χ3v) is 6.00. The van der Waals surface area contributed by atoms with Crippen molar-refractivity contribution >= 4 is 17.5 Å². The Hall–Kier alpha value is -2.35. The van der Waals surface area contributed by atoms with Crippen molar-refractivity contribution in [3.05, 3.63) is 70.9 Å². The molecule has 0 saturated heterocycles. The van der Waals surface area contributed by atoms with Gasteiger partial charge in [-0.3, -0.25) is 4.99 Å². The van der Waals surface area contributed by atoms with Crippen molar-refractivity contribution in [1.29, 1.82) is 0 Å². The molecule has 25 heavy (non-hydrogen) atoms. The number of fused-ring (bicyclic) bond motifs is 1. The van der Waals surface area contributed by atoms with Crippen LogP contribution in [0.5, 0.6) is 0 Å². The predicted octanol–water partition coefficient (Wildman–Crippen LogP) is 5.84. The summed E-state index contributed by atoms with van der Waals surface area (Å²) in [5.41, 5.74) is 7.40. The number of nitrogens with zero attached hydrogens (tertiary/aromatic N) is 1. The number of nitrogens with one attached hydrogen (secondary N) is 1. The Morgan fingerprint density at radius 1 is 0.920 bits per heavy atom. The molecule has 2 heteroatoms. The van der Waals surface area contributed by atoms with E-state index < -0.39 is 0 Å². The Morgan fingerprint density at radius 2 is 1.60 bits per heavy atom. The van der Waals surface area contributed by atoms with Crippen LogP contribution in [0.3, 0.4) is 0 Å². The summed E-state index contributed by atoms with van der Waals surface area (Å²) in [6.45, 7) is 11.5. The summed E-state index contributed by atoms with van der Waals surface area (Å²) in [5.74, 6) is 0. The highest BCUT2D eigenvalue weighted by atomic mass is 15.0. The third-order valence-electron chi connectivity index (χ3n) is 6.00. The monoisotopic (exact) mass is 332 g/mol. The van der Waals surface area contributed by atoms with Crippen molar-refractivity contribution in [2.24, 2.45) is 10.4 Å². The number of rotatable bonds is 2. The Kier molecular flexibility index (Phi) is 4.32. The van der Waals surface area contributed by atoms with Crippen molar-refractivity contribution < 1.29 is 0 Å². The quantitative estimate of drug-likeness (QED) is 0.687. The normalized spacial score (nSPS) is 20.1. The number of anilines is 1. The maximum atomic E-state index is 4.36. The van der Waals surface area contributed by atoms with Gasteiger partial charge in [0, 0.05) is 41.0 Å². The maximum absolute atomic E-state index is 4.36. The highest BCUT2D eigenvalue weighted by Gasteiger charge is 2.47. The molecule has 130 valence electrons. The summed E-state index contributed by atoms with van der Waals surface area (Å²) in [5, 5.41) is 3.78. The topological polar surface area (TPSA) is 24.4 Å². The first kappa shape index (κ1) is 17.5. The lowest BCUT2D eigenvalue weighted by atomic mass is 9.59. The molecule has 1 N–H and O–H groups in total. The fourth-order valence-electron chi connectivity index (χ4n) is 3.72. The molecule has 0 bridgehead atoms. The molecule has 3 rings (SSSR count). The van der Waals surface area contributed by atoms with E-state index in [1.54, 1.807) is 0 Å². The standard InChI is InChI=1S/C23H28N2/c1-16-11-10-14-19-20(16)25-21(23(4,5)22(19,2)3)18(15-24-6)17-12-8-7-9-13-17/h7-15,25H,1-6H3/b21-18+,24-15+. The highest BCUT2D eigenvalue weighted by molar-refractivity contribution is 6.12. The average Bonchev–Trinajstić information content (AvgIpc) is 2.58. The predicted molar refractivity (Wildman–Crippen MR) is 109 cm³/mol. The van der Waals surface area contributed by atoms with E-state index in [1.165, 1.54) is 28.1 Å². The van der Waals surface area contributed by atoms with Gasteiger partial charge < -0.3 is 5.32 Å². The summed E-state index contributed by atoms with van der Waals surface area (Å²) < 4.78 is 0. The molecule has 0 radical (unpaired) electrons. The summed E-state index contributed by atoms with van der Waals surface area (Å²) in [4.78, 5) is 4.36. The zero-order valence-corrected chi connectivity index (χ0v) is 16.1. The minimum atomic E-state index is -0.0693. The van der Waals surface area contributed by atoms with E-state index >= 15 is 0 Å². The van der Waals surface area contributed by atoms with Crippen molar-refractivity contribution in [1.82, 2.24) is 0 Å². The van der Waals surface area contributed by atoms with Gasteiger partial charge in [-0.25, -0.2) is 0 Å². The minimum Gasteiger partial charge on any atom is -0.357 e. The second-order valence-corrected chi connectivity index (χ2v) is 7.91. The van der Waals surface area contributed by atoms with Crippen LogP contribution in [0.15, 0.2) is 59.2 Å². The number of benzene rings is 2. The molecule has 2 aromatic rings. The molecule has 0 atom stereocenters. The van der Waals surface area contributed by atoms with Crippen LogP contribution >= 0.6 is 0 Å². The number of para-hydroxylation sites is 1. The average molecular weight is 332 g/mol. The highest BCUT2D eigenvalue weighted by Crippen LogP contribution is 2.54. The van der Waals surface area contributed by atoms with Crippen molar-refractivity contribution in [3.63, 3.8) is 0 Å². The lowest BCUT2D eigenvalue weighted by Gasteiger charge is -2.50. The van der Waals surface area contributed by atoms with Gasteiger partial charge in [-0.2, -0.15) is 0 Å². The van der Waals surface area contributed by atoms with Crippen molar-refractivity contribution in [2.75, 3.05) is 12.4 Å². The van der Waals surface area contributed by atoms with Gasteiger partial charge in [-0.1, -0.05) is 76.2 Å². The number of aryl methyl sites for hydroxylation is 1. The third kappa shape index (κ3) is 2.70. The Balaban J connectivity index is 2.33. The number of hydrogen-bond acceptors (Lipinski definition) is 2. The van der Waals surface area contributed by atoms with E-state index in [1.807, 2.05) is 13.3 Å². The fraction of sp³-hybridized carbons (Fsp3) is 0.348. The Labute approximate surface area is 151 Å². The molecular weight excluding hydrogens is 304 g/mol. The minimum absolute atomic E-state index is 0.00342. The number of aliphatic imine (C=N–C) groups is 1. The molecule has 0 unspecified atom stereocenters. The lowest BCUT2D eigenvalue weighted by Crippen LogP contribution is -2.45. The van der Waals surface area contributed by atoms with E-state index in [0.717, 1.165) is 5.57 Å². The lowest BCUT2D eigenvalue weighted by molar-refractivity contribution is 0.245. The summed E-state index contributed by atoms with van der Waals surface area (Å²) in [6, 6.07) is 17.1. The first-order valence-electron chi connectivity index (χ1n) is 8.90. The SMILES string of the molecule is C/N=C/C(=C1\Nc2c(C)cccc2C(C)(C)C1(C)C)c1ccccc1. The van der Waals surface area contributed by atoms with Gasteiger partial charge in [-0.15, -0.1) is 0 Å². The Morgan fingerprint density at radius 3 is 2.24 bits per heavy atom. The largest absolute Gasteiger partial charge is 0.357 e. The maximum Gasteiger partial charge on any atom is 0.0450 e. The summed E-state index contributed by atoms with van der Waals surface area (Å²) >= 11 is 0. The van der Waals surface area contributed by atoms with Crippen LogP contribution in [0.2, 0.25) is 0 Å². The van der Waals surface area contributed by atoms with Gasteiger partial charge in [0.25, 0.3) is 0 Å². The van der Waals surface area contributed by atoms with E-state index in [-0.39, 0.29) is 10.8 Å². The van der Waals surface area contributed by atoms with Crippen LogP contribution < -0.4 is 5.32 Å². The van der Waals surface area contributed by atoms with Crippen molar-refractivity contribution in [3.8, 4) is 0 Å². The van der Waals surface area contributed by atoms with Crippen LogP contribution in [0.1, 0.15) is 44.4 Å². The molecule has 1 aliphatic rings.